The molecule has 6 nitrogen and oxygen atoms in total. The van der Waals surface area contributed by atoms with Crippen LogP contribution in [0, 0.1) is 0 Å². The lowest BCUT2D eigenvalue weighted by Gasteiger charge is -2.07. The second-order valence-corrected chi connectivity index (χ2v) is 6.47. The highest BCUT2D eigenvalue weighted by Gasteiger charge is 2.19. The van der Waals surface area contributed by atoms with Gasteiger partial charge >= 0.3 is 0 Å². The van der Waals surface area contributed by atoms with Crippen molar-refractivity contribution in [2.75, 3.05) is 18.9 Å². The number of benzene rings is 1. The number of amides is 1. The summed E-state index contributed by atoms with van der Waals surface area (Å²) in [4.78, 5) is 28.5. The number of carbonyl (C=O) groups excluding carboxylic acids is 1. The first-order valence-electron chi connectivity index (χ1n) is 7.88. The maximum Gasteiger partial charge on any atom is 0.267 e. The van der Waals surface area contributed by atoms with Crippen molar-refractivity contribution in [1.29, 1.82) is 0 Å². The number of nitrogens with one attached hydrogen (secondary N) is 1. The van der Waals surface area contributed by atoms with E-state index in [-0.39, 0.29) is 17.0 Å². The maximum absolute atomic E-state index is 12.2. The van der Waals surface area contributed by atoms with Crippen molar-refractivity contribution < 1.29 is 9.53 Å². The van der Waals surface area contributed by atoms with Crippen LogP contribution in [-0.2, 0) is 17.9 Å². The van der Waals surface area contributed by atoms with E-state index in [4.69, 9.17) is 4.74 Å². The number of aromatic nitrogens is 2. The van der Waals surface area contributed by atoms with Crippen LogP contribution in [0.5, 0.6) is 0 Å². The molecule has 1 aromatic carbocycles. The van der Waals surface area contributed by atoms with Gasteiger partial charge in [0.1, 0.15) is 5.56 Å². The SMILES string of the molecule is O=C(NCCCOCc1ccccc1)c1cnc2n(c1=O)CCS2. The highest BCUT2D eigenvalue weighted by atomic mass is 32.2. The Hall–Kier alpha value is -2.12. The van der Waals surface area contributed by atoms with Crippen LogP contribution in [0.3, 0.4) is 0 Å². The van der Waals surface area contributed by atoms with E-state index in [0.29, 0.717) is 37.9 Å². The maximum atomic E-state index is 12.2. The lowest BCUT2D eigenvalue weighted by Crippen LogP contribution is -2.34. The Morgan fingerprint density at radius 3 is 3.00 bits per heavy atom. The molecule has 1 aliphatic rings. The topological polar surface area (TPSA) is 73.2 Å². The Balaban J connectivity index is 1.41. The van der Waals surface area contributed by atoms with Crippen molar-refractivity contribution in [3.05, 3.63) is 58.0 Å². The first-order valence-corrected chi connectivity index (χ1v) is 8.87. The molecule has 1 amide bonds. The van der Waals surface area contributed by atoms with Crippen molar-refractivity contribution in [2.45, 2.75) is 24.7 Å². The number of nitrogens with zero attached hydrogens (tertiary/aromatic N) is 2. The molecule has 0 saturated heterocycles. The number of ether oxygens (including phenoxy) is 1. The molecule has 0 aliphatic carbocycles. The van der Waals surface area contributed by atoms with E-state index in [1.54, 1.807) is 4.57 Å². The zero-order valence-electron chi connectivity index (χ0n) is 13.2. The Labute approximate surface area is 144 Å². The number of hydrogen-bond acceptors (Lipinski definition) is 5. The number of thioether (sulfide) groups is 1. The zero-order valence-corrected chi connectivity index (χ0v) is 14.1. The van der Waals surface area contributed by atoms with Crippen LogP contribution in [0.4, 0.5) is 0 Å². The van der Waals surface area contributed by atoms with Gasteiger partial charge in [0.05, 0.1) is 6.61 Å². The third-order valence-electron chi connectivity index (χ3n) is 3.66. The first-order chi connectivity index (χ1) is 11.8. The predicted octanol–water partition coefficient (Wildman–Crippen LogP) is 1.69. The lowest BCUT2D eigenvalue weighted by atomic mass is 10.2. The summed E-state index contributed by atoms with van der Waals surface area (Å²) in [6.45, 7) is 2.18. The number of hydrogen-bond donors (Lipinski definition) is 1. The van der Waals surface area contributed by atoms with Gasteiger partial charge in [0.2, 0.25) is 0 Å². The van der Waals surface area contributed by atoms with E-state index >= 15 is 0 Å². The lowest BCUT2D eigenvalue weighted by molar-refractivity contribution is 0.0931. The summed E-state index contributed by atoms with van der Waals surface area (Å²) in [6.07, 6.45) is 2.06. The highest BCUT2D eigenvalue weighted by Crippen LogP contribution is 2.20. The van der Waals surface area contributed by atoms with Crippen molar-refractivity contribution in [2.24, 2.45) is 0 Å². The minimum absolute atomic E-state index is 0.103. The van der Waals surface area contributed by atoms with Crippen LogP contribution in [0.15, 0.2) is 46.5 Å². The summed E-state index contributed by atoms with van der Waals surface area (Å²) in [6, 6.07) is 9.93. The molecule has 0 spiro atoms. The zero-order chi connectivity index (χ0) is 16.8. The molecule has 0 radical (unpaired) electrons. The fourth-order valence-corrected chi connectivity index (χ4v) is 3.32. The summed E-state index contributed by atoms with van der Waals surface area (Å²) in [5.74, 6) is 0.453. The van der Waals surface area contributed by atoms with Gasteiger partial charge in [-0.2, -0.15) is 0 Å². The van der Waals surface area contributed by atoms with E-state index in [0.717, 1.165) is 11.3 Å². The minimum Gasteiger partial charge on any atom is -0.377 e. The van der Waals surface area contributed by atoms with Gasteiger partial charge in [-0.05, 0) is 12.0 Å². The molecule has 0 bridgehead atoms. The monoisotopic (exact) mass is 345 g/mol. The Morgan fingerprint density at radius 2 is 2.17 bits per heavy atom. The molecule has 24 heavy (non-hydrogen) atoms. The fourth-order valence-electron chi connectivity index (χ4n) is 2.41. The number of rotatable bonds is 7. The minimum atomic E-state index is -0.372. The molecule has 2 aromatic rings. The summed E-state index contributed by atoms with van der Waals surface area (Å²) >= 11 is 1.53. The molecular weight excluding hydrogens is 326 g/mol. The predicted molar refractivity (Wildman–Crippen MR) is 92.3 cm³/mol. The van der Waals surface area contributed by atoms with E-state index in [2.05, 4.69) is 10.3 Å². The quantitative estimate of drug-likeness (QED) is 0.611. The van der Waals surface area contributed by atoms with Gasteiger partial charge in [-0.3, -0.25) is 14.2 Å². The van der Waals surface area contributed by atoms with E-state index in [9.17, 15) is 9.59 Å². The van der Waals surface area contributed by atoms with Crippen LogP contribution in [-0.4, -0.2) is 34.4 Å². The molecule has 1 aliphatic heterocycles. The largest absolute Gasteiger partial charge is 0.377 e. The second-order valence-electron chi connectivity index (χ2n) is 5.41. The van der Waals surface area contributed by atoms with Crippen molar-refractivity contribution in [3.63, 3.8) is 0 Å². The van der Waals surface area contributed by atoms with Crippen LogP contribution in [0.2, 0.25) is 0 Å². The molecule has 0 unspecified atom stereocenters. The molecule has 1 aromatic heterocycles. The van der Waals surface area contributed by atoms with Gasteiger partial charge in [0.15, 0.2) is 5.16 Å². The van der Waals surface area contributed by atoms with Crippen LogP contribution < -0.4 is 10.9 Å². The molecule has 126 valence electrons. The first kappa shape index (κ1) is 16.7. The van der Waals surface area contributed by atoms with Crippen molar-refractivity contribution in [1.82, 2.24) is 14.9 Å². The smallest absolute Gasteiger partial charge is 0.267 e. The number of carbonyl (C=O) groups is 1. The van der Waals surface area contributed by atoms with Crippen LogP contribution in [0.25, 0.3) is 0 Å². The molecule has 3 rings (SSSR count). The summed E-state index contributed by atoms with van der Waals surface area (Å²) < 4.78 is 7.12. The third-order valence-corrected chi connectivity index (χ3v) is 4.63. The average Bonchev–Trinajstić information content (AvgIpc) is 3.08. The van der Waals surface area contributed by atoms with Gasteiger partial charge in [-0.1, -0.05) is 42.1 Å². The number of fused-ring (bicyclic) bond motifs is 1. The summed E-state index contributed by atoms with van der Waals surface area (Å²) in [5, 5.41) is 3.44. The fraction of sp³-hybridized carbons (Fsp3) is 0.353. The Bertz CT molecular complexity index is 761. The molecule has 0 saturated carbocycles. The highest BCUT2D eigenvalue weighted by molar-refractivity contribution is 7.99. The molecule has 1 N–H and O–H groups in total. The Kier molecular flexibility index (Phi) is 5.66. The van der Waals surface area contributed by atoms with Crippen LogP contribution in [0.1, 0.15) is 22.3 Å². The van der Waals surface area contributed by atoms with Crippen LogP contribution >= 0.6 is 11.8 Å². The summed E-state index contributed by atoms with van der Waals surface area (Å²) in [5.41, 5.74) is 0.964. The van der Waals surface area contributed by atoms with E-state index in [1.807, 2.05) is 30.3 Å². The standard InChI is InChI=1S/C17H19N3O3S/c21-15(14-11-19-17-20(16(14)22)8-10-24-17)18-7-4-9-23-12-13-5-2-1-3-6-13/h1-3,5-6,11H,4,7-10,12H2,(H,18,21). The van der Waals surface area contributed by atoms with Gasteiger partial charge in [0, 0.05) is 31.6 Å². The molecule has 2 heterocycles. The third kappa shape index (κ3) is 4.04. The second kappa shape index (κ2) is 8.12. The van der Waals surface area contributed by atoms with Gasteiger partial charge in [-0.15, -0.1) is 0 Å². The molecule has 7 heteroatoms. The molecular formula is C17H19N3O3S. The summed E-state index contributed by atoms with van der Waals surface area (Å²) in [7, 11) is 0. The van der Waals surface area contributed by atoms with E-state index in [1.165, 1.54) is 18.0 Å². The Morgan fingerprint density at radius 1 is 1.33 bits per heavy atom. The molecule has 0 fully saturated rings. The van der Waals surface area contributed by atoms with Crippen molar-refractivity contribution >= 4 is 17.7 Å². The van der Waals surface area contributed by atoms with Gasteiger partial charge in [-0.25, -0.2) is 4.98 Å². The van der Waals surface area contributed by atoms with E-state index < -0.39 is 0 Å². The molecule has 0 atom stereocenters. The van der Waals surface area contributed by atoms with Gasteiger partial charge < -0.3 is 10.1 Å². The average molecular weight is 345 g/mol. The van der Waals surface area contributed by atoms with Gasteiger partial charge in [0.25, 0.3) is 11.5 Å². The normalized spacial score (nSPS) is 12.8. The van der Waals surface area contributed by atoms with Crippen molar-refractivity contribution in [3.8, 4) is 0 Å².